The topological polar surface area (TPSA) is 82.1 Å². The van der Waals surface area contributed by atoms with Crippen LogP contribution in [0.1, 0.15) is 58.8 Å². The van der Waals surface area contributed by atoms with Gasteiger partial charge in [-0.05, 0) is 56.6 Å². The first kappa shape index (κ1) is 27.6. The molecule has 1 aliphatic rings. The number of hydrogen-bond donors (Lipinski definition) is 0. The van der Waals surface area contributed by atoms with Gasteiger partial charge in [0.25, 0.3) is 0 Å². The van der Waals surface area contributed by atoms with Crippen molar-refractivity contribution in [1.82, 2.24) is 4.31 Å². The Bertz CT molecular complexity index is 966. The van der Waals surface area contributed by atoms with E-state index in [1.165, 1.54) is 12.1 Å². The molecule has 0 aromatic heterocycles. The van der Waals surface area contributed by atoms with Crippen molar-refractivity contribution in [2.75, 3.05) is 6.61 Å². The van der Waals surface area contributed by atoms with Crippen LogP contribution in [0.25, 0.3) is 0 Å². The van der Waals surface area contributed by atoms with Crippen LogP contribution in [-0.2, 0) is 29.8 Å². The lowest BCUT2D eigenvalue weighted by atomic mass is 10.0. The van der Waals surface area contributed by atoms with Crippen molar-refractivity contribution < 1.29 is 39.7 Å². The molecule has 1 aromatic carbocycles. The molecule has 0 aliphatic carbocycles. The molecule has 1 fully saturated rings. The Labute approximate surface area is 194 Å². The number of hydrogen-bond acceptors (Lipinski definition) is 6. The monoisotopic (exact) mass is 511 g/mol. The van der Waals surface area contributed by atoms with Gasteiger partial charge >= 0.3 is 22.6 Å². The second kappa shape index (κ2) is 8.86. The molecule has 188 valence electrons. The average Bonchev–Trinajstić information content (AvgIpc) is 2.91. The van der Waals surface area contributed by atoms with E-state index < -0.39 is 60.8 Å². The standard InChI is InChI=1S/C21H32F3NO6SSi/c1-19(2,3)30-18(26)25-16(13-29-32(25,27)28)17(31-33(7,8)20(4,5)6)14-9-11-15(12-10-14)21(22,23)24/h9-12,16-17H,13H2,1-8H3/t16?,17-/m1/s1. The van der Waals surface area contributed by atoms with E-state index in [9.17, 15) is 26.4 Å². The predicted molar refractivity (Wildman–Crippen MR) is 119 cm³/mol. The number of amides is 1. The van der Waals surface area contributed by atoms with Gasteiger partial charge in [0.15, 0.2) is 8.32 Å². The first-order chi connectivity index (χ1) is 14.7. The van der Waals surface area contributed by atoms with Gasteiger partial charge in [0.05, 0.1) is 18.3 Å². The van der Waals surface area contributed by atoms with Crippen LogP contribution in [-0.4, -0.2) is 45.4 Å². The Morgan fingerprint density at radius 2 is 1.61 bits per heavy atom. The second-order valence-corrected chi connectivity index (χ2v) is 16.7. The summed E-state index contributed by atoms with van der Waals surface area (Å²) in [4.78, 5) is 12.8. The fourth-order valence-electron chi connectivity index (χ4n) is 2.91. The fraction of sp³-hybridized carbons (Fsp3) is 0.667. The highest BCUT2D eigenvalue weighted by atomic mass is 32.2. The van der Waals surface area contributed by atoms with Crippen LogP contribution >= 0.6 is 0 Å². The largest absolute Gasteiger partial charge is 0.443 e. The SMILES string of the molecule is CC(C)(C)OC(=O)N1C([C@H](O[Si](C)(C)C(C)(C)C)c2ccc(C(F)(F)F)cc2)COS1(=O)=O. The molecule has 1 aliphatic heterocycles. The first-order valence-electron chi connectivity index (χ1n) is 10.4. The number of rotatable bonds is 4. The van der Waals surface area contributed by atoms with Gasteiger partial charge in [-0.25, -0.2) is 4.79 Å². The van der Waals surface area contributed by atoms with Crippen molar-refractivity contribution in [3.05, 3.63) is 35.4 Å². The third-order valence-electron chi connectivity index (χ3n) is 5.65. The number of alkyl halides is 3. The maximum absolute atomic E-state index is 13.1. The summed E-state index contributed by atoms with van der Waals surface area (Å²) in [5.41, 5.74) is -1.53. The summed E-state index contributed by atoms with van der Waals surface area (Å²) in [6.07, 6.45) is -6.73. The van der Waals surface area contributed by atoms with E-state index in [-0.39, 0.29) is 5.04 Å². The average molecular weight is 512 g/mol. The molecule has 1 aromatic rings. The van der Waals surface area contributed by atoms with Crippen LogP contribution in [0.2, 0.25) is 18.1 Å². The van der Waals surface area contributed by atoms with Crippen molar-refractivity contribution in [3.8, 4) is 0 Å². The number of nitrogens with zero attached hydrogens (tertiary/aromatic N) is 1. The fourth-order valence-corrected chi connectivity index (χ4v) is 5.34. The van der Waals surface area contributed by atoms with E-state index in [0.717, 1.165) is 12.1 Å². The van der Waals surface area contributed by atoms with Gasteiger partial charge in [-0.15, -0.1) is 0 Å². The zero-order valence-corrected chi connectivity index (χ0v) is 21.9. The van der Waals surface area contributed by atoms with Gasteiger partial charge in [-0.3, -0.25) is 4.18 Å². The summed E-state index contributed by atoms with van der Waals surface area (Å²) in [6, 6.07) is 3.12. The number of carbonyl (C=O) groups excluding carboxylic acids is 1. The molecule has 2 atom stereocenters. The number of carbonyl (C=O) groups is 1. The van der Waals surface area contributed by atoms with E-state index in [0.29, 0.717) is 9.87 Å². The number of benzene rings is 1. The number of ether oxygens (including phenoxy) is 1. The molecular weight excluding hydrogens is 479 g/mol. The minimum absolute atomic E-state index is 0.298. The Morgan fingerprint density at radius 3 is 2.03 bits per heavy atom. The first-order valence-corrected chi connectivity index (χ1v) is 14.7. The van der Waals surface area contributed by atoms with Crippen molar-refractivity contribution >= 4 is 24.7 Å². The van der Waals surface area contributed by atoms with Gasteiger partial charge in [-0.1, -0.05) is 32.9 Å². The minimum Gasteiger partial charge on any atom is -0.443 e. The van der Waals surface area contributed by atoms with Crippen LogP contribution in [0.15, 0.2) is 24.3 Å². The zero-order chi connectivity index (χ0) is 25.6. The van der Waals surface area contributed by atoms with E-state index in [4.69, 9.17) is 13.3 Å². The summed E-state index contributed by atoms with van der Waals surface area (Å²) < 4.78 is 81.6. The van der Waals surface area contributed by atoms with Gasteiger partial charge in [0.1, 0.15) is 11.6 Å². The summed E-state index contributed by atoms with van der Waals surface area (Å²) in [5.74, 6) is 0. The summed E-state index contributed by atoms with van der Waals surface area (Å²) in [6.45, 7) is 14.1. The molecule has 0 saturated carbocycles. The van der Waals surface area contributed by atoms with Crippen LogP contribution < -0.4 is 0 Å². The Balaban J connectivity index is 2.57. The zero-order valence-electron chi connectivity index (χ0n) is 20.1. The predicted octanol–water partition coefficient (Wildman–Crippen LogP) is 5.65. The van der Waals surface area contributed by atoms with Crippen LogP contribution in [0.5, 0.6) is 0 Å². The number of halogens is 3. The molecule has 0 bridgehead atoms. The molecule has 2 rings (SSSR count). The Hall–Kier alpha value is -1.63. The van der Waals surface area contributed by atoms with Gasteiger partial charge < -0.3 is 9.16 Å². The molecule has 1 unspecified atom stereocenters. The molecule has 0 spiro atoms. The van der Waals surface area contributed by atoms with Crippen molar-refractivity contribution in [3.63, 3.8) is 0 Å². The van der Waals surface area contributed by atoms with Crippen molar-refractivity contribution in [2.45, 2.75) is 83.6 Å². The normalized spacial score (nSPS) is 20.6. The van der Waals surface area contributed by atoms with E-state index in [1.807, 2.05) is 33.9 Å². The molecule has 1 saturated heterocycles. The van der Waals surface area contributed by atoms with E-state index in [2.05, 4.69) is 0 Å². The highest BCUT2D eigenvalue weighted by molar-refractivity contribution is 7.85. The van der Waals surface area contributed by atoms with Crippen LogP contribution in [0.3, 0.4) is 0 Å². The summed E-state index contributed by atoms with van der Waals surface area (Å²) in [7, 11) is -7.05. The highest BCUT2D eigenvalue weighted by Gasteiger charge is 2.51. The third-order valence-corrected chi connectivity index (χ3v) is 11.4. The molecule has 0 radical (unpaired) electrons. The quantitative estimate of drug-likeness (QED) is 0.486. The third kappa shape index (κ3) is 6.49. The van der Waals surface area contributed by atoms with Crippen molar-refractivity contribution in [2.24, 2.45) is 0 Å². The maximum Gasteiger partial charge on any atom is 0.426 e. The molecule has 33 heavy (non-hydrogen) atoms. The Kier molecular flexibility index (Phi) is 7.41. The Morgan fingerprint density at radius 1 is 1.09 bits per heavy atom. The van der Waals surface area contributed by atoms with Gasteiger partial charge in [0, 0.05) is 0 Å². The van der Waals surface area contributed by atoms with E-state index >= 15 is 0 Å². The summed E-state index contributed by atoms with van der Waals surface area (Å²) >= 11 is 0. The summed E-state index contributed by atoms with van der Waals surface area (Å²) in [5, 5.41) is -0.299. The maximum atomic E-state index is 13.1. The molecular formula is C21H32F3NO6SSi. The molecule has 1 heterocycles. The highest BCUT2D eigenvalue weighted by Crippen LogP contribution is 2.43. The van der Waals surface area contributed by atoms with E-state index in [1.54, 1.807) is 20.8 Å². The lowest BCUT2D eigenvalue weighted by Crippen LogP contribution is -2.50. The van der Waals surface area contributed by atoms with Gasteiger partial charge in [0.2, 0.25) is 0 Å². The second-order valence-electron chi connectivity index (χ2n) is 10.5. The lowest BCUT2D eigenvalue weighted by Gasteiger charge is -2.41. The smallest absolute Gasteiger partial charge is 0.426 e. The minimum atomic E-state index is -4.53. The van der Waals surface area contributed by atoms with Crippen molar-refractivity contribution in [1.29, 1.82) is 0 Å². The molecule has 0 N–H and O–H groups in total. The molecule has 1 amide bonds. The van der Waals surface area contributed by atoms with Crippen LogP contribution in [0.4, 0.5) is 18.0 Å². The van der Waals surface area contributed by atoms with Gasteiger partial charge in [-0.2, -0.15) is 25.9 Å². The van der Waals surface area contributed by atoms with Crippen LogP contribution in [0, 0.1) is 0 Å². The molecule has 12 heteroatoms. The lowest BCUT2D eigenvalue weighted by molar-refractivity contribution is -0.137. The molecule has 7 nitrogen and oxygen atoms in total.